The summed E-state index contributed by atoms with van der Waals surface area (Å²) in [6.07, 6.45) is -0.834. The fourth-order valence-corrected chi connectivity index (χ4v) is 1.61. The topological polar surface area (TPSA) is 54.0 Å². The Morgan fingerprint density at radius 3 is 2.45 bits per heavy atom. The van der Waals surface area contributed by atoms with E-state index in [2.05, 4.69) is 4.74 Å². The fraction of sp³-hybridized carbons (Fsp3) is 0.533. The van der Waals surface area contributed by atoms with Crippen molar-refractivity contribution in [2.45, 2.75) is 20.0 Å². The first-order chi connectivity index (χ1) is 9.77. The van der Waals surface area contributed by atoms with E-state index < -0.39 is 6.16 Å². The number of carbonyl (C=O) groups is 1. The average Bonchev–Trinajstić information content (AvgIpc) is 2.47. The molecule has 1 aromatic carbocycles. The summed E-state index contributed by atoms with van der Waals surface area (Å²) >= 11 is 0. The molecule has 0 heterocycles. The standard InChI is InChI=1S/C15H22O5/c1-3-17-12-14(13-8-6-5-7-9-13)19-10-11-20-15(16)18-4-2/h5-9,14H,3-4,10-12H2,1-2H3. The van der Waals surface area contributed by atoms with Gasteiger partial charge in [0.25, 0.3) is 0 Å². The van der Waals surface area contributed by atoms with Crippen LogP contribution in [0.5, 0.6) is 0 Å². The van der Waals surface area contributed by atoms with Gasteiger partial charge in [-0.25, -0.2) is 4.79 Å². The molecule has 0 aliphatic heterocycles. The molecule has 0 aliphatic rings. The Bertz CT molecular complexity index is 366. The van der Waals surface area contributed by atoms with Crippen LogP contribution in [0.25, 0.3) is 0 Å². The normalized spacial score (nSPS) is 11.9. The monoisotopic (exact) mass is 282 g/mol. The Morgan fingerprint density at radius 1 is 1.05 bits per heavy atom. The summed E-state index contributed by atoms with van der Waals surface area (Å²) in [6, 6.07) is 9.82. The Hall–Kier alpha value is -1.59. The number of hydrogen-bond acceptors (Lipinski definition) is 5. The van der Waals surface area contributed by atoms with E-state index in [0.717, 1.165) is 5.56 Å². The van der Waals surface area contributed by atoms with E-state index in [9.17, 15) is 4.79 Å². The maximum Gasteiger partial charge on any atom is 0.508 e. The van der Waals surface area contributed by atoms with Crippen molar-refractivity contribution in [2.75, 3.05) is 33.0 Å². The first kappa shape index (κ1) is 16.5. The van der Waals surface area contributed by atoms with Gasteiger partial charge in [0.1, 0.15) is 12.7 Å². The van der Waals surface area contributed by atoms with E-state index in [0.29, 0.717) is 26.4 Å². The minimum Gasteiger partial charge on any atom is -0.435 e. The van der Waals surface area contributed by atoms with E-state index in [1.807, 2.05) is 37.3 Å². The van der Waals surface area contributed by atoms with Gasteiger partial charge in [-0.15, -0.1) is 0 Å². The predicted molar refractivity (Wildman–Crippen MR) is 74.6 cm³/mol. The van der Waals surface area contributed by atoms with Crippen LogP contribution in [-0.2, 0) is 18.9 Å². The van der Waals surface area contributed by atoms with Crippen LogP contribution in [-0.4, -0.2) is 39.2 Å². The lowest BCUT2D eigenvalue weighted by atomic mass is 10.1. The predicted octanol–water partition coefficient (Wildman–Crippen LogP) is 2.95. The molecule has 0 spiro atoms. The van der Waals surface area contributed by atoms with Crippen LogP contribution >= 0.6 is 0 Å². The van der Waals surface area contributed by atoms with Gasteiger partial charge in [0.15, 0.2) is 0 Å². The van der Waals surface area contributed by atoms with Crippen molar-refractivity contribution in [1.29, 1.82) is 0 Å². The van der Waals surface area contributed by atoms with Crippen LogP contribution in [0.15, 0.2) is 30.3 Å². The van der Waals surface area contributed by atoms with Gasteiger partial charge in [-0.1, -0.05) is 30.3 Å². The van der Waals surface area contributed by atoms with Gasteiger partial charge in [0, 0.05) is 6.61 Å². The van der Waals surface area contributed by atoms with Gasteiger partial charge >= 0.3 is 6.16 Å². The third-order valence-electron chi connectivity index (χ3n) is 2.53. The maximum atomic E-state index is 11.0. The first-order valence-electron chi connectivity index (χ1n) is 6.81. The highest BCUT2D eigenvalue weighted by Gasteiger charge is 2.12. The molecule has 0 aromatic heterocycles. The summed E-state index contributed by atoms with van der Waals surface area (Å²) in [7, 11) is 0. The first-order valence-corrected chi connectivity index (χ1v) is 6.81. The lowest BCUT2D eigenvalue weighted by molar-refractivity contribution is -0.0355. The Labute approximate surface area is 119 Å². The van der Waals surface area contributed by atoms with Gasteiger partial charge in [0.2, 0.25) is 0 Å². The van der Waals surface area contributed by atoms with Crippen LogP contribution in [0, 0.1) is 0 Å². The summed E-state index contributed by atoms with van der Waals surface area (Å²) in [4.78, 5) is 11.0. The van der Waals surface area contributed by atoms with E-state index in [4.69, 9.17) is 14.2 Å². The lowest BCUT2D eigenvalue weighted by Crippen LogP contribution is -2.17. The summed E-state index contributed by atoms with van der Waals surface area (Å²) in [6.45, 7) is 5.53. The van der Waals surface area contributed by atoms with Crippen molar-refractivity contribution in [1.82, 2.24) is 0 Å². The zero-order chi connectivity index (χ0) is 14.6. The zero-order valence-corrected chi connectivity index (χ0v) is 12.0. The number of carbonyl (C=O) groups excluding carboxylic acids is 1. The van der Waals surface area contributed by atoms with Crippen molar-refractivity contribution in [3.05, 3.63) is 35.9 Å². The Balaban J connectivity index is 2.36. The second-order valence-electron chi connectivity index (χ2n) is 3.96. The molecule has 1 rings (SSSR count). The van der Waals surface area contributed by atoms with Crippen LogP contribution in [0.3, 0.4) is 0 Å². The molecule has 0 saturated carbocycles. The molecule has 20 heavy (non-hydrogen) atoms. The lowest BCUT2D eigenvalue weighted by Gasteiger charge is -2.18. The van der Waals surface area contributed by atoms with Gasteiger partial charge in [-0.2, -0.15) is 0 Å². The van der Waals surface area contributed by atoms with Crippen LogP contribution < -0.4 is 0 Å². The quantitative estimate of drug-likeness (QED) is 0.515. The molecule has 1 aromatic rings. The van der Waals surface area contributed by atoms with Crippen molar-refractivity contribution in [2.24, 2.45) is 0 Å². The van der Waals surface area contributed by atoms with Crippen LogP contribution in [0.4, 0.5) is 4.79 Å². The SMILES string of the molecule is CCOCC(OCCOC(=O)OCC)c1ccccc1. The molecular weight excluding hydrogens is 260 g/mol. The Kier molecular flexibility index (Phi) is 8.42. The van der Waals surface area contributed by atoms with E-state index in [1.54, 1.807) is 6.92 Å². The summed E-state index contributed by atoms with van der Waals surface area (Å²) in [5.41, 5.74) is 1.04. The van der Waals surface area contributed by atoms with Gasteiger partial charge in [-0.3, -0.25) is 0 Å². The number of benzene rings is 1. The number of hydrogen-bond donors (Lipinski definition) is 0. The van der Waals surface area contributed by atoms with E-state index >= 15 is 0 Å². The molecular formula is C15H22O5. The molecule has 1 unspecified atom stereocenters. The van der Waals surface area contributed by atoms with Gasteiger partial charge in [-0.05, 0) is 19.4 Å². The van der Waals surface area contributed by atoms with E-state index in [-0.39, 0.29) is 12.7 Å². The molecule has 1 atom stereocenters. The second kappa shape index (κ2) is 10.2. The van der Waals surface area contributed by atoms with E-state index in [1.165, 1.54) is 0 Å². The molecule has 0 amide bonds. The van der Waals surface area contributed by atoms with Crippen LogP contribution in [0.1, 0.15) is 25.5 Å². The fourth-order valence-electron chi connectivity index (χ4n) is 1.61. The van der Waals surface area contributed by atoms with Crippen LogP contribution in [0.2, 0.25) is 0 Å². The summed E-state index contributed by atoms with van der Waals surface area (Å²) in [5.74, 6) is 0. The molecule has 0 aliphatic carbocycles. The molecule has 0 saturated heterocycles. The molecule has 0 radical (unpaired) electrons. The number of ether oxygens (including phenoxy) is 4. The third kappa shape index (κ3) is 6.54. The molecule has 0 N–H and O–H groups in total. The molecule has 112 valence electrons. The highest BCUT2D eigenvalue weighted by Crippen LogP contribution is 2.17. The molecule has 5 heteroatoms. The van der Waals surface area contributed by atoms with Crippen molar-refractivity contribution in [3.8, 4) is 0 Å². The highest BCUT2D eigenvalue weighted by molar-refractivity contribution is 5.59. The van der Waals surface area contributed by atoms with Crippen molar-refractivity contribution in [3.63, 3.8) is 0 Å². The minimum atomic E-state index is -0.669. The maximum absolute atomic E-state index is 11.0. The van der Waals surface area contributed by atoms with Gasteiger partial charge in [0.05, 0.1) is 19.8 Å². The molecule has 0 bridgehead atoms. The Morgan fingerprint density at radius 2 is 1.80 bits per heavy atom. The average molecular weight is 282 g/mol. The van der Waals surface area contributed by atoms with Crippen molar-refractivity contribution < 1.29 is 23.7 Å². The molecule has 5 nitrogen and oxygen atoms in total. The highest BCUT2D eigenvalue weighted by atomic mass is 16.7. The summed E-state index contributed by atoms with van der Waals surface area (Å²) < 4.78 is 20.6. The third-order valence-corrected chi connectivity index (χ3v) is 2.53. The second-order valence-corrected chi connectivity index (χ2v) is 3.96. The van der Waals surface area contributed by atoms with Gasteiger partial charge < -0.3 is 18.9 Å². The number of rotatable bonds is 9. The molecule has 0 fully saturated rings. The smallest absolute Gasteiger partial charge is 0.435 e. The largest absolute Gasteiger partial charge is 0.508 e. The zero-order valence-electron chi connectivity index (χ0n) is 12.0. The summed E-state index contributed by atoms with van der Waals surface area (Å²) in [5, 5.41) is 0. The van der Waals surface area contributed by atoms with Crippen molar-refractivity contribution >= 4 is 6.16 Å². The minimum absolute atomic E-state index is 0.161.